The van der Waals surface area contributed by atoms with Crippen molar-refractivity contribution in [3.63, 3.8) is 0 Å². The highest BCUT2D eigenvalue weighted by atomic mass is 16.3. The lowest BCUT2D eigenvalue weighted by atomic mass is 9.92. The van der Waals surface area contributed by atoms with E-state index in [1.165, 1.54) is 11.1 Å². The Bertz CT molecular complexity index is 580. The zero-order valence-corrected chi connectivity index (χ0v) is 10.4. The van der Waals surface area contributed by atoms with Gasteiger partial charge in [0, 0.05) is 12.2 Å². The van der Waals surface area contributed by atoms with Crippen molar-refractivity contribution < 1.29 is 5.11 Å². The molecule has 2 heterocycles. The summed E-state index contributed by atoms with van der Waals surface area (Å²) >= 11 is 0. The van der Waals surface area contributed by atoms with Crippen LogP contribution >= 0.6 is 0 Å². The topological polar surface area (TPSA) is 45.1 Å². The first kappa shape index (κ1) is 11.2. The number of aryl methyl sites for hydroxylation is 1. The van der Waals surface area contributed by atoms with Gasteiger partial charge in [-0.2, -0.15) is 0 Å². The molecule has 1 atom stereocenters. The molecule has 0 saturated heterocycles. The van der Waals surface area contributed by atoms with Gasteiger partial charge in [-0.25, -0.2) is 0 Å². The van der Waals surface area contributed by atoms with Crippen LogP contribution < -0.4 is 5.32 Å². The van der Waals surface area contributed by atoms with E-state index >= 15 is 0 Å². The summed E-state index contributed by atoms with van der Waals surface area (Å²) in [6.45, 7) is 2.92. The molecule has 0 unspecified atom stereocenters. The highest BCUT2D eigenvalue weighted by molar-refractivity contribution is 5.41. The van der Waals surface area contributed by atoms with E-state index in [-0.39, 0.29) is 6.04 Å². The van der Waals surface area contributed by atoms with E-state index in [1.807, 2.05) is 37.3 Å². The quantitative estimate of drug-likeness (QED) is 0.804. The Morgan fingerprint density at radius 1 is 1.28 bits per heavy atom. The number of benzene rings is 1. The second kappa shape index (κ2) is 4.42. The predicted octanol–water partition coefficient (Wildman–Crippen LogP) is 2.33. The van der Waals surface area contributed by atoms with Crippen molar-refractivity contribution >= 4 is 0 Å². The van der Waals surface area contributed by atoms with Crippen molar-refractivity contribution in [2.24, 2.45) is 0 Å². The number of rotatable bonds is 1. The van der Waals surface area contributed by atoms with Crippen molar-refractivity contribution in [2.75, 3.05) is 6.54 Å². The molecule has 2 N–H and O–H groups in total. The predicted molar refractivity (Wildman–Crippen MR) is 70.6 cm³/mol. The van der Waals surface area contributed by atoms with E-state index in [0.717, 1.165) is 24.4 Å². The summed E-state index contributed by atoms with van der Waals surface area (Å²) in [5.41, 5.74) is 4.50. The fourth-order valence-electron chi connectivity index (χ4n) is 2.54. The Hall–Kier alpha value is -1.87. The Balaban J connectivity index is 2.06. The molecule has 18 heavy (non-hydrogen) atoms. The van der Waals surface area contributed by atoms with Crippen LogP contribution in [-0.4, -0.2) is 16.6 Å². The number of pyridine rings is 1. The SMILES string of the molecule is Cc1cccc([C@H]2NCCc3cc(O)ccc32)n1. The molecule has 2 aromatic rings. The minimum absolute atomic E-state index is 0.134. The van der Waals surface area contributed by atoms with Crippen LogP contribution in [0, 0.1) is 6.92 Å². The minimum Gasteiger partial charge on any atom is -0.508 e. The molecule has 0 aliphatic carbocycles. The van der Waals surface area contributed by atoms with Gasteiger partial charge in [-0.15, -0.1) is 0 Å². The zero-order valence-electron chi connectivity index (χ0n) is 10.4. The van der Waals surface area contributed by atoms with E-state index in [9.17, 15) is 5.11 Å². The number of fused-ring (bicyclic) bond motifs is 1. The third-order valence-electron chi connectivity index (χ3n) is 3.39. The van der Waals surface area contributed by atoms with Gasteiger partial charge in [0.1, 0.15) is 5.75 Å². The molecule has 1 aromatic heterocycles. The summed E-state index contributed by atoms with van der Waals surface area (Å²) in [6.07, 6.45) is 0.950. The molecule has 1 aliphatic rings. The molecule has 1 aliphatic heterocycles. The zero-order chi connectivity index (χ0) is 12.5. The van der Waals surface area contributed by atoms with Crippen molar-refractivity contribution in [3.05, 3.63) is 58.9 Å². The smallest absolute Gasteiger partial charge is 0.115 e. The minimum atomic E-state index is 0.134. The first-order valence-corrected chi connectivity index (χ1v) is 6.23. The molecule has 0 spiro atoms. The molecule has 92 valence electrons. The van der Waals surface area contributed by atoms with Crippen LogP contribution in [0.5, 0.6) is 5.75 Å². The second-order valence-corrected chi connectivity index (χ2v) is 4.72. The normalized spacial score (nSPS) is 18.4. The number of hydrogen-bond donors (Lipinski definition) is 2. The van der Waals surface area contributed by atoms with E-state index < -0.39 is 0 Å². The molecule has 3 heteroatoms. The van der Waals surface area contributed by atoms with Crippen LogP contribution in [0.3, 0.4) is 0 Å². The van der Waals surface area contributed by atoms with Crippen LogP contribution in [0.15, 0.2) is 36.4 Å². The summed E-state index contributed by atoms with van der Waals surface area (Å²) in [7, 11) is 0. The molecule has 0 bridgehead atoms. The Kier molecular flexibility index (Phi) is 2.76. The van der Waals surface area contributed by atoms with E-state index in [2.05, 4.69) is 10.3 Å². The first-order chi connectivity index (χ1) is 8.74. The van der Waals surface area contributed by atoms with Gasteiger partial charge in [0.05, 0.1) is 11.7 Å². The van der Waals surface area contributed by atoms with Crippen molar-refractivity contribution in [2.45, 2.75) is 19.4 Å². The number of aromatic nitrogens is 1. The standard InChI is InChI=1S/C15H16N2O/c1-10-3-2-4-14(17-10)15-13-6-5-12(18)9-11(13)7-8-16-15/h2-6,9,15-16,18H,7-8H2,1H3/t15-/m0/s1. The number of nitrogens with zero attached hydrogens (tertiary/aromatic N) is 1. The van der Waals surface area contributed by atoms with Crippen LogP contribution in [0.2, 0.25) is 0 Å². The highest BCUT2D eigenvalue weighted by Crippen LogP contribution is 2.29. The van der Waals surface area contributed by atoms with Gasteiger partial charge in [-0.1, -0.05) is 12.1 Å². The number of nitrogens with one attached hydrogen (secondary N) is 1. The third-order valence-corrected chi connectivity index (χ3v) is 3.39. The number of aromatic hydroxyl groups is 1. The molecular formula is C15H16N2O. The third kappa shape index (κ3) is 1.97. The van der Waals surface area contributed by atoms with Crippen LogP contribution in [0.25, 0.3) is 0 Å². The fourth-order valence-corrected chi connectivity index (χ4v) is 2.54. The van der Waals surface area contributed by atoms with Crippen LogP contribution in [0.1, 0.15) is 28.6 Å². The van der Waals surface area contributed by atoms with Crippen molar-refractivity contribution in [3.8, 4) is 5.75 Å². The second-order valence-electron chi connectivity index (χ2n) is 4.72. The lowest BCUT2D eigenvalue weighted by molar-refractivity contribution is 0.471. The molecule has 3 nitrogen and oxygen atoms in total. The Morgan fingerprint density at radius 2 is 2.17 bits per heavy atom. The number of phenolic OH excluding ortho intramolecular Hbond substituents is 1. The van der Waals surface area contributed by atoms with Crippen LogP contribution in [-0.2, 0) is 6.42 Å². The van der Waals surface area contributed by atoms with Crippen molar-refractivity contribution in [1.82, 2.24) is 10.3 Å². The van der Waals surface area contributed by atoms with E-state index in [1.54, 1.807) is 6.07 Å². The Labute approximate surface area is 107 Å². The fraction of sp³-hybridized carbons (Fsp3) is 0.267. The average Bonchev–Trinajstić information content (AvgIpc) is 2.37. The summed E-state index contributed by atoms with van der Waals surface area (Å²) in [4.78, 5) is 4.59. The van der Waals surface area contributed by atoms with Gasteiger partial charge >= 0.3 is 0 Å². The van der Waals surface area contributed by atoms with Gasteiger partial charge < -0.3 is 10.4 Å². The molecule has 0 saturated carbocycles. The molecule has 3 rings (SSSR count). The molecule has 0 fully saturated rings. The average molecular weight is 240 g/mol. The van der Waals surface area contributed by atoms with Crippen molar-refractivity contribution in [1.29, 1.82) is 0 Å². The first-order valence-electron chi connectivity index (χ1n) is 6.23. The molecular weight excluding hydrogens is 224 g/mol. The van der Waals surface area contributed by atoms with Gasteiger partial charge in [0.25, 0.3) is 0 Å². The van der Waals surface area contributed by atoms with Crippen LogP contribution in [0.4, 0.5) is 0 Å². The summed E-state index contributed by atoms with van der Waals surface area (Å²) in [5, 5.41) is 13.0. The highest BCUT2D eigenvalue weighted by Gasteiger charge is 2.22. The number of phenols is 1. The summed E-state index contributed by atoms with van der Waals surface area (Å²) in [6, 6.07) is 11.8. The van der Waals surface area contributed by atoms with E-state index in [0.29, 0.717) is 5.75 Å². The lowest BCUT2D eigenvalue weighted by Gasteiger charge is -2.26. The molecule has 0 radical (unpaired) electrons. The van der Waals surface area contributed by atoms with Gasteiger partial charge in [0.15, 0.2) is 0 Å². The Morgan fingerprint density at radius 3 is 3.00 bits per heavy atom. The molecule has 0 amide bonds. The summed E-state index contributed by atoms with van der Waals surface area (Å²) in [5.74, 6) is 0.339. The summed E-state index contributed by atoms with van der Waals surface area (Å²) < 4.78 is 0. The molecule has 1 aromatic carbocycles. The lowest BCUT2D eigenvalue weighted by Crippen LogP contribution is -2.31. The van der Waals surface area contributed by atoms with Gasteiger partial charge in [-0.3, -0.25) is 4.98 Å². The van der Waals surface area contributed by atoms with Gasteiger partial charge in [-0.05, 0) is 48.7 Å². The number of hydrogen-bond acceptors (Lipinski definition) is 3. The van der Waals surface area contributed by atoms with E-state index in [4.69, 9.17) is 0 Å². The maximum absolute atomic E-state index is 9.55. The monoisotopic (exact) mass is 240 g/mol. The maximum atomic E-state index is 9.55. The maximum Gasteiger partial charge on any atom is 0.115 e. The largest absolute Gasteiger partial charge is 0.508 e. The van der Waals surface area contributed by atoms with Gasteiger partial charge in [0.2, 0.25) is 0 Å².